The fourth-order valence-electron chi connectivity index (χ4n) is 4.55. The molecule has 0 bridgehead atoms. The SMILES string of the molecule is O=C(O)C1CCCCC1N1CCN(Cc2cnc3ccccc3c2)CC1. The number of aromatic nitrogens is 1. The zero-order valence-electron chi connectivity index (χ0n) is 15.2. The van der Waals surface area contributed by atoms with Gasteiger partial charge in [-0.15, -0.1) is 0 Å². The van der Waals surface area contributed by atoms with Gasteiger partial charge in [-0.05, 0) is 30.5 Å². The van der Waals surface area contributed by atoms with Gasteiger partial charge in [0.25, 0.3) is 0 Å². The summed E-state index contributed by atoms with van der Waals surface area (Å²) < 4.78 is 0. The molecule has 1 aliphatic heterocycles. The molecule has 138 valence electrons. The van der Waals surface area contributed by atoms with E-state index in [1.807, 2.05) is 18.3 Å². The minimum absolute atomic E-state index is 0.181. The van der Waals surface area contributed by atoms with E-state index in [0.29, 0.717) is 0 Å². The molecule has 1 aromatic heterocycles. The van der Waals surface area contributed by atoms with E-state index in [0.717, 1.165) is 63.9 Å². The Labute approximate surface area is 154 Å². The molecule has 1 aromatic carbocycles. The number of benzene rings is 1. The number of piperazine rings is 1. The molecule has 1 saturated carbocycles. The van der Waals surface area contributed by atoms with Gasteiger partial charge in [0.2, 0.25) is 0 Å². The molecule has 1 N–H and O–H groups in total. The fraction of sp³-hybridized carbons (Fsp3) is 0.524. The van der Waals surface area contributed by atoms with E-state index < -0.39 is 5.97 Å². The number of nitrogens with zero attached hydrogens (tertiary/aromatic N) is 3. The van der Waals surface area contributed by atoms with Gasteiger partial charge < -0.3 is 5.11 Å². The van der Waals surface area contributed by atoms with E-state index in [-0.39, 0.29) is 12.0 Å². The second kappa shape index (κ2) is 7.72. The topological polar surface area (TPSA) is 56.7 Å². The number of carbonyl (C=O) groups is 1. The first kappa shape index (κ1) is 17.4. The quantitative estimate of drug-likeness (QED) is 0.916. The predicted octanol–water partition coefficient (Wildman–Crippen LogP) is 3.00. The largest absolute Gasteiger partial charge is 0.481 e. The molecule has 0 amide bonds. The Balaban J connectivity index is 1.36. The van der Waals surface area contributed by atoms with E-state index in [1.165, 1.54) is 10.9 Å². The minimum atomic E-state index is -0.612. The molecule has 1 saturated heterocycles. The van der Waals surface area contributed by atoms with E-state index in [9.17, 15) is 9.90 Å². The Morgan fingerprint density at radius 1 is 1.12 bits per heavy atom. The lowest BCUT2D eigenvalue weighted by molar-refractivity contribution is -0.146. The predicted molar refractivity (Wildman–Crippen MR) is 102 cm³/mol. The summed E-state index contributed by atoms with van der Waals surface area (Å²) >= 11 is 0. The monoisotopic (exact) mass is 353 g/mol. The Morgan fingerprint density at radius 2 is 1.88 bits per heavy atom. The Morgan fingerprint density at radius 3 is 2.69 bits per heavy atom. The van der Waals surface area contributed by atoms with Crippen LogP contribution in [0.25, 0.3) is 10.9 Å². The number of hydrogen-bond acceptors (Lipinski definition) is 4. The number of pyridine rings is 1. The summed E-state index contributed by atoms with van der Waals surface area (Å²) in [4.78, 5) is 21.0. The highest BCUT2D eigenvalue weighted by atomic mass is 16.4. The molecule has 0 spiro atoms. The van der Waals surface area contributed by atoms with Gasteiger partial charge in [0.05, 0.1) is 11.4 Å². The third-order valence-electron chi connectivity index (χ3n) is 5.98. The normalized spacial score (nSPS) is 25.4. The van der Waals surface area contributed by atoms with E-state index in [2.05, 4.69) is 33.0 Å². The van der Waals surface area contributed by atoms with Crippen LogP contribution in [0.4, 0.5) is 0 Å². The van der Waals surface area contributed by atoms with Gasteiger partial charge in [0.1, 0.15) is 0 Å². The lowest BCUT2D eigenvalue weighted by atomic mass is 9.83. The molecule has 5 heteroatoms. The smallest absolute Gasteiger partial charge is 0.308 e. The van der Waals surface area contributed by atoms with Crippen molar-refractivity contribution in [2.75, 3.05) is 26.2 Å². The number of para-hydroxylation sites is 1. The van der Waals surface area contributed by atoms with Crippen LogP contribution < -0.4 is 0 Å². The van der Waals surface area contributed by atoms with Gasteiger partial charge in [0.15, 0.2) is 0 Å². The van der Waals surface area contributed by atoms with Gasteiger partial charge in [0, 0.05) is 50.3 Å². The van der Waals surface area contributed by atoms with Crippen LogP contribution >= 0.6 is 0 Å². The molecule has 2 aromatic rings. The minimum Gasteiger partial charge on any atom is -0.481 e. The summed E-state index contributed by atoms with van der Waals surface area (Å²) in [7, 11) is 0. The average molecular weight is 353 g/mol. The summed E-state index contributed by atoms with van der Waals surface area (Å²) in [6.07, 6.45) is 6.07. The number of carboxylic acid groups (broad SMARTS) is 1. The van der Waals surface area contributed by atoms with Crippen molar-refractivity contribution >= 4 is 16.9 Å². The molecular weight excluding hydrogens is 326 g/mol. The van der Waals surface area contributed by atoms with Crippen LogP contribution in [0.5, 0.6) is 0 Å². The molecule has 2 atom stereocenters. The van der Waals surface area contributed by atoms with Crippen molar-refractivity contribution in [1.82, 2.24) is 14.8 Å². The number of fused-ring (bicyclic) bond motifs is 1. The number of hydrogen-bond donors (Lipinski definition) is 1. The van der Waals surface area contributed by atoms with Gasteiger partial charge >= 0.3 is 5.97 Å². The van der Waals surface area contributed by atoms with E-state index in [1.54, 1.807) is 0 Å². The Hall–Kier alpha value is -1.98. The summed E-state index contributed by atoms with van der Waals surface area (Å²) in [5.41, 5.74) is 2.29. The van der Waals surface area contributed by atoms with Crippen molar-refractivity contribution in [2.24, 2.45) is 5.92 Å². The summed E-state index contributed by atoms with van der Waals surface area (Å²) in [6.45, 7) is 4.84. The van der Waals surface area contributed by atoms with Gasteiger partial charge in [-0.1, -0.05) is 31.0 Å². The number of aliphatic carboxylic acids is 1. The molecule has 2 fully saturated rings. The third kappa shape index (κ3) is 3.74. The summed E-state index contributed by atoms with van der Waals surface area (Å²) in [6, 6.07) is 10.7. The molecular formula is C21H27N3O2. The second-order valence-corrected chi connectivity index (χ2v) is 7.64. The first-order chi connectivity index (χ1) is 12.7. The standard InChI is InChI=1S/C21H27N3O2/c25-21(26)18-6-2-4-8-20(18)24-11-9-23(10-12-24)15-16-13-17-5-1-3-7-19(17)22-14-16/h1,3,5,7,13-14,18,20H,2,4,6,8-12,15H2,(H,25,26). The van der Waals surface area contributed by atoms with Crippen LogP contribution in [0.1, 0.15) is 31.2 Å². The lowest BCUT2D eigenvalue weighted by Gasteiger charge is -2.43. The zero-order chi connectivity index (χ0) is 17.9. The molecule has 0 radical (unpaired) electrons. The molecule has 2 unspecified atom stereocenters. The molecule has 5 nitrogen and oxygen atoms in total. The highest BCUT2D eigenvalue weighted by molar-refractivity contribution is 5.78. The summed E-state index contributed by atoms with van der Waals surface area (Å²) in [5.74, 6) is -0.792. The number of rotatable bonds is 4. The van der Waals surface area contributed by atoms with Crippen LogP contribution in [0.2, 0.25) is 0 Å². The lowest BCUT2D eigenvalue weighted by Crippen LogP contribution is -2.53. The van der Waals surface area contributed by atoms with Crippen LogP contribution in [0, 0.1) is 5.92 Å². The Kier molecular flexibility index (Phi) is 5.18. The van der Waals surface area contributed by atoms with Crippen LogP contribution in [0.15, 0.2) is 36.5 Å². The van der Waals surface area contributed by atoms with Crippen molar-refractivity contribution in [1.29, 1.82) is 0 Å². The van der Waals surface area contributed by atoms with Crippen LogP contribution in [-0.2, 0) is 11.3 Å². The number of carboxylic acids is 1. The van der Waals surface area contributed by atoms with Crippen molar-refractivity contribution in [3.8, 4) is 0 Å². The highest BCUT2D eigenvalue weighted by Gasteiger charge is 2.35. The third-order valence-corrected chi connectivity index (χ3v) is 5.98. The van der Waals surface area contributed by atoms with Crippen molar-refractivity contribution in [2.45, 2.75) is 38.3 Å². The molecule has 26 heavy (non-hydrogen) atoms. The van der Waals surface area contributed by atoms with Crippen molar-refractivity contribution in [3.05, 3.63) is 42.1 Å². The van der Waals surface area contributed by atoms with E-state index >= 15 is 0 Å². The van der Waals surface area contributed by atoms with Crippen LogP contribution in [0.3, 0.4) is 0 Å². The fourth-order valence-corrected chi connectivity index (χ4v) is 4.55. The van der Waals surface area contributed by atoms with E-state index in [4.69, 9.17) is 0 Å². The van der Waals surface area contributed by atoms with Crippen molar-refractivity contribution in [3.63, 3.8) is 0 Å². The van der Waals surface area contributed by atoms with Crippen LogP contribution in [-0.4, -0.2) is 58.1 Å². The average Bonchev–Trinajstić information content (AvgIpc) is 2.68. The van der Waals surface area contributed by atoms with Crippen molar-refractivity contribution < 1.29 is 9.90 Å². The maximum absolute atomic E-state index is 11.6. The molecule has 4 rings (SSSR count). The maximum atomic E-state index is 11.6. The van der Waals surface area contributed by atoms with Gasteiger partial charge in [-0.2, -0.15) is 0 Å². The molecule has 2 heterocycles. The molecule has 2 aliphatic rings. The first-order valence-corrected chi connectivity index (χ1v) is 9.73. The summed E-state index contributed by atoms with van der Waals surface area (Å²) in [5, 5.41) is 10.7. The van der Waals surface area contributed by atoms with Gasteiger partial charge in [-0.3, -0.25) is 19.6 Å². The second-order valence-electron chi connectivity index (χ2n) is 7.64. The highest BCUT2D eigenvalue weighted by Crippen LogP contribution is 2.29. The Bertz CT molecular complexity index is 771. The zero-order valence-corrected chi connectivity index (χ0v) is 15.2. The first-order valence-electron chi connectivity index (χ1n) is 9.73. The molecule has 1 aliphatic carbocycles. The van der Waals surface area contributed by atoms with Gasteiger partial charge in [-0.25, -0.2) is 0 Å². The maximum Gasteiger partial charge on any atom is 0.308 e.